The van der Waals surface area contributed by atoms with Crippen molar-refractivity contribution in [3.05, 3.63) is 48.0 Å². The Morgan fingerprint density at radius 2 is 2.11 bits per heavy atom. The number of thiazole rings is 1. The molecular weight excluding hydrogens is 252 g/mol. The highest BCUT2D eigenvalue weighted by molar-refractivity contribution is 7.13. The van der Waals surface area contributed by atoms with E-state index < -0.39 is 0 Å². The van der Waals surface area contributed by atoms with E-state index in [1.807, 2.05) is 11.6 Å². The Hall–Kier alpha value is -1.61. The van der Waals surface area contributed by atoms with E-state index in [1.165, 1.54) is 24.1 Å². The van der Waals surface area contributed by atoms with E-state index >= 15 is 0 Å². The van der Waals surface area contributed by atoms with Crippen molar-refractivity contribution in [1.29, 1.82) is 0 Å². The number of fused-ring (bicyclic) bond motifs is 1. The molecule has 3 heteroatoms. The Labute approximate surface area is 117 Å². The molecule has 1 N–H and O–H groups in total. The van der Waals surface area contributed by atoms with E-state index in [0.717, 1.165) is 16.8 Å². The molecule has 1 saturated carbocycles. The molecular formula is C16H16N2S. The number of nitrogens with one attached hydrogen (secondary N) is 1. The second-order valence-corrected chi connectivity index (χ2v) is 6.30. The molecule has 2 nitrogen and oxygen atoms in total. The van der Waals surface area contributed by atoms with Gasteiger partial charge in [-0.2, -0.15) is 0 Å². The fourth-order valence-corrected chi connectivity index (χ4v) is 3.82. The molecule has 96 valence electrons. The van der Waals surface area contributed by atoms with Crippen molar-refractivity contribution in [2.75, 3.05) is 5.32 Å². The van der Waals surface area contributed by atoms with Crippen molar-refractivity contribution in [2.45, 2.75) is 18.9 Å². The van der Waals surface area contributed by atoms with Crippen LogP contribution in [0, 0.1) is 11.8 Å². The average molecular weight is 268 g/mol. The van der Waals surface area contributed by atoms with Crippen molar-refractivity contribution >= 4 is 17.0 Å². The monoisotopic (exact) mass is 268 g/mol. The molecule has 0 bridgehead atoms. The van der Waals surface area contributed by atoms with E-state index in [4.69, 9.17) is 0 Å². The quantitative estimate of drug-likeness (QED) is 0.844. The van der Waals surface area contributed by atoms with E-state index in [1.54, 1.807) is 11.3 Å². The number of rotatable bonds is 3. The van der Waals surface area contributed by atoms with E-state index in [9.17, 15) is 0 Å². The van der Waals surface area contributed by atoms with Crippen LogP contribution in [-0.2, 0) is 0 Å². The number of nitrogens with zero attached hydrogens (tertiary/aromatic N) is 1. The molecule has 0 radical (unpaired) electrons. The molecule has 3 unspecified atom stereocenters. The van der Waals surface area contributed by atoms with Crippen molar-refractivity contribution in [3.8, 4) is 10.6 Å². The lowest BCUT2D eigenvalue weighted by atomic mass is 9.71. The summed E-state index contributed by atoms with van der Waals surface area (Å²) in [4.78, 5) is 4.34. The summed E-state index contributed by atoms with van der Waals surface area (Å²) in [6.07, 6.45) is 9.17. The fraction of sp³-hybridized carbons (Fsp3) is 0.312. The summed E-state index contributed by atoms with van der Waals surface area (Å²) in [7, 11) is 0. The van der Waals surface area contributed by atoms with Gasteiger partial charge in [0.05, 0.1) is 0 Å². The predicted octanol–water partition coefficient (Wildman–Crippen LogP) is 4.19. The van der Waals surface area contributed by atoms with Gasteiger partial charge in [0, 0.05) is 34.8 Å². The standard InChI is InChI=1S/C16H16N2S/c1-2-12-10-15(14(12)3-1)18-13-6-4-11(5-7-13)16-17-8-9-19-16/h1,3-9,12,14-15,18H,2,10H2. The summed E-state index contributed by atoms with van der Waals surface area (Å²) in [5, 5.41) is 6.76. The molecule has 19 heavy (non-hydrogen) atoms. The van der Waals surface area contributed by atoms with Gasteiger partial charge in [-0.3, -0.25) is 0 Å². The van der Waals surface area contributed by atoms with Gasteiger partial charge in [-0.05, 0) is 43.0 Å². The van der Waals surface area contributed by atoms with Crippen LogP contribution >= 0.6 is 11.3 Å². The Bertz CT molecular complexity index is 586. The molecule has 3 atom stereocenters. The maximum absolute atomic E-state index is 4.34. The fourth-order valence-electron chi connectivity index (χ4n) is 3.17. The van der Waals surface area contributed by atoms with Gasteiger partial charge in [0.25, 0.3) is 0 Å². The smallest absolute Gasteiger partial charge is 0.123 e. The summed E-state index contributed by atoms with van der Waals surface area (Å²) in [5.74, 6) is 1.67. The largest absolute Gasteiger partial charge is 0.382 e. The van der Waals surface area contributed by atoms with Crippen molar-refractivity contribution in [2.24, 2.45) is 11.8 Å². The summed E-state index contributed by atoms with van der Waals surface area (Å²) in [6, 6.07) is 9.28. The lowest BCUT2D eigenvalue weighted by Gasteiger charge is -2.41. The molecule has 2 aliphatic rings. The molecule has 0 aliphatic heterocycles. The number of benzene rings is 1. The molecule has 1 fully saturated rings. The normalized spacial score (nSPS) is 27.9. The van der Waals surface area contributed by atoms with Crippen LogP contribution in [0.4, 0.5) is 5.69 Å². The molecule has 1 heterocycles. The van der Waals surface area contributed by atoms with Gasteiger partial charge >= 0.3 is 0 Å². The van der Waals surface area contributed by atoms with Crippen molar-refractivity contribution in [1.82, 2.24) is 4.98 Å². The van der Waals surface area contributed by atoms with Crippen LogP contribution in [0.5, 0.6) is 0 Å². The SMILES string of the molecule is C1=CC2C(C1)CC2Nc1ccc(-c2nccs2)cc1. The minimum Gasteiger partial charge on any atom is -0.382 e. The molecule has 4 rings (SSSR count). The van der Waals surface area contributed by atoms with Gasteiger partial charge in [0.2, 0.25) is 0 Å². The molecule has 2 aliphatic carbocycles. The van der Waals surface area contributed by atoms with Crippen LogP contribution in [0.1, 0.15) is 12.8 Å². The molecule has 0 amide bonds. The summed E-state index contributed by atoms with van der Waals surface area (Å²) in [5.41, 5.74) is 2.43. The van der Waals surface area contributed by atoms with E-state index in [-0.39, 0.29) is 0 Å². The van der Waals surface area contributed by atoms with Crippen molar-refractivity contribution < 1.29 is 0 Å². The second kappa shape index (κ2) is 4.49. The third kappa shape index (κ3) is 1.98. The second-order valence-electron chi connectivity index (χ2n) is 5.40. The first-order valence-corrected chi connectivity index (χ1v) is 7.71. The Kier molecular flexibility index (Phi) is 2.66. The van der Waals surface area contributed by atoms with Crippen LogP contribution in [0.2, 0.25) is 0 Å². The Balaban J connectivity index is 1.46. The number of anilines is 1. The Morgan fingerprint density at radius 1 is 1.21 bits per heavy atom. The minimum absolute atomic E-state index is 0.634. The zero-order valence-electron chi connectivity index (χ0n) is 10.6. The van der Waals surface area contributed by atoms with Gasteiger partial charge in [0.15, 0.2) is 0 Å². The predicted molar refractivity (Wildman–Crippen MR) is 80.3 cm³/mol. The first-order valence-electron chi connectivity index (χ1n) is 6.83. The minimum atomic E-state index is 0.634. The third-order valence-corrected chi connectivity index (χ3v) is 5.10. The van der Waals surface area contributed by atoms with Gasteiger partial charge in [0.1, 0.15) is 5.01 Å². The Morgan fingerprint density at radius 3 is 2.84 bits per heavy atom. The van der Waals surface area contributed by atoms with Crippen LogP contribution in [0.25, 0.3) is 10.6 Å². The third-order valence-electron chi connectivity index (χ3n) is 4.28. The van der Waals surface area contributed by atoms with Crippen LogP contribution < -0.4 is 5.32 Å². The number of hydrogen-bond acceptors (Lipinski definition) is 3. The number of hydrogen-bond donors (Lipinski definition) is 1. The highest BCUT2D eigenvalue weighted by Gasteiger charge is 2.40. The van der Waals surface area contributed by atoms with Gasteiger partial charge in [-0.1, -0.05) is 12.2 Å². The van der Waals surface area contributed by atoms with Gasteiger partial charge in [-0.15, -0.1) is 11.3 Å². The van der Waals surface area contributed by atoms with Crippen LogP contribution in [0.3, 0.4) is 0 Å². The van der Waals surface area contributed by atoms with Crippen LogP contribution in [-0.4, -0.2) is 11.0 Å². The first-order chi connectivity index (χ1) is 9.40. The van der Waals surface area contributed by atoms with Crippen LogP contribution in [0.15, 0.2) is 48.0 Å². The maximum atomic E-state index is 4.34. The zero-order valence-corrected chi connectivity index (χ0v) is 11.4. The van der Waals surface area contributed by atoms with Gasteiger partial charge in [-0.25, -0.2) is 4.98 Å². The van der Waals surface area contributed by atoms with Crippen molar-refractivity contribution in [3.63, 3.8) is 0 Å². The van der Waals surface area contributed by atoms with Gasteiger partial charge < -0.3 is 5.32 Å². The van der Waals surface area contributed by atoms with E-state index in [0.29, 0.717) is 6.04 Å². The van der Waals surface area contributed by atoms with E-state index in [2.05, 4.69) is 46.7 Å². The lowest BCUT2D eigenvalue weighted by Crippen LogP contribution is -2.43. The number of aromatic nitrogens is 1. The molecule has 1 aromatic carbocycles. The molecule has 2 aromatic rings. The average Bonchev–Trinajstić information content (AvgIpc) is 3.06. The number of allylic oxidation sites excluding steroid dienone is 1. The molecule has 0 spiro atoms. The summed E-state index contributed by atoms with van der Waals surface area (Å²) >= 11 is 1.68. The topological polar surface area (TPSA) is 24.9 Å². The maximum Gasteiger partial charge on any atom is 0.123 e. The molecule has 0 saturated heterocycles. The molecule has 1 aromatic heterocycles. The highest BCUT2D eigenvalue weighted by Crippen LogP contribution is 2.44. The summed E-state index contributed by atoms with van der Waals surface area (Å²) < 4.78 is 0. The highest BCUT2D eigenvalue weighted by atomic mass is 32.1. The summed E-state index contributed by atoms with van der Waals surface area (Å²) in [6.45, 7) is 0. The zero-order chi connectivity index (χ0) is 12.7. The first kappa shape index (κ1) is 11.2. The lowest BCUT2D eigenvalue weighted by molar-refractivity contribution is 0.218.